The van der Waals surface area contributed by atoms with Crippen molar-refractivity contribution in [1.82, 2.24) is 0 Å². The number of benzene rings is 2. The minimum absolute atomic E-state index is 0.0368. The number of phenols is 1. The van der Waals surface area contributed by atoms with Gasteiger partial charge in [0, 0.05) is 18.6 Å². The maximum absolute atomic E-state index is 12.7. The summed E-state index contributed by atoms with van der Waals surface area (Å²) in [5, 5.41) is 19.7. The van der Waals surface area contributed by atoms with Crippen LogP contribution in [0.5, 0.6) is 17.2 Å². The number of methoxy groups -OCH3 is 1. The summed E-state index contributed by atoms with van der Waals surface area (Å²) < 4.78 is 16.2. The minimum Gasteiger partial charge on any atom is -0.507 e. The van der Waals surface area contributed by atoms with Gasteiger partial charge < -0.3 is 23.8 Å². The number of ether oxygens (including phenoxy) is 2. The SMILES string of the molecule is COc1ccc2oc3cc(OCCCO[N+](=O)[O-])cc(O)c3c(=O)c2c1. The quantitative estimate of drug-likeness (QED) is 0.295. The van der Waals surface area contributed by atoms with Crippen molar-refractivity contribution in [2.24, 2.45) is 0 Å². The first-order chi connectivity index (χ1) is 12.5. The Morgan fingerprint density at radius 2 is 1.96 bits per heavy atom. The molecular weight excluding hydrogens is 346 g/mol. The maximum atomic E-state index is 12.7. The van der Waals surface area contributed by atoms with Gasteiger partial charge in [-0.15, -0.1) is 10.1 Å². The van der Waals surface area contributed by atoms with E-state index in [0.29, 0.717) is 11.3 Å². The Labute approximate surface area is 146 Å². The molecule has 0 saturated carbocycles. The van der Waals surface area contributed by atoms with E-state index in [1.165, 1.54) is 19.2 Å². The van der Waals surface area contributed by atoms with Gasteiger partial charge in [0.2, 0.25) is 5.43 Å². The molecular formula is C17H15NO8. The summed E-state index contributed by atoms with van der Waals surface area (Å²) in [7, 11) is 1.49. The highest BCUT2D eigenvalue weighted by molar-refractivity contribution is 5.94. The van der Waals surface area contributed by atoms with Gasteiger partial charge in [-0.25, -0.2) is 0 Å². The minimum atomic E-state index is -0.878. The molecule has 136 valence electrons. The molecule has 1 aromatic heterocycles. The zero-order chi connectivity index (χ0) is 18.7. The summed E-state index contributed by atoms with van der Waals surface area (Å²) in [6.45, 7) is 0.0297. The van der Waals surface area contributed by atoms with Crippen LogP contribution >= 0.6 is 0 Å². The summed E-state index contributed by atoms with van der Waals surface area (Å²) in [6, 6.07) is 7.58. The summed E-state index contributed by atoms with van der Waals surface area (Å²) >= 11 is 0. The van der Waals surface area contributed by atoms with Crippen LogP contribution in [0.3, 0.4) is 0 Å². The van der Waals surface area contributed by atoms with Gasteiger partial charge in [0.05, 0.1) is 25.7 Å². The highest BCUT2D eigenvalue weighted by Crippen LogP contribution is 2.31. The normalized spacial score (nSPS) is 10.8. The lowest BCUT2D eigenvalue weighted by Crippen LogP contribution is -2.07. The van der Waals surface area contributed by atoms with Crippen LogP contribution in [-0.2, 0) is 4.84 Å². The van der Waals surface area contributed by atoms with Crippen molar-refractivity contribution < 1.29 is 28.9 Å². The zero-order valence-corrected chi connectivity index (χ0v) is 13.8. The molecule has 0 fully saturated rings. The number of fused-ring (bicyclic) bond motifs is 2. The van der Waals surface area contributed by atoms with Crippen LogP contribution in [0, 0.1) is 10.1 Å². The molecule has 0 aliphatic carbocycles. The van der Waals surface area contributed by atoms with Gasteiger partial charge >= 0.3 is 0 Å². The molecule has 9 heteroatoms. The highest BCUT2D eigenvalue weighted by Gasteiger charge is 2.14. The molecule has 2 aromatic carbocycles. The van der Waals surface area contributed by atoms with Crippen molar-refractivity contribution in [3.63, 3.8) is 0 Å². The van der Waals surface area contributed by atoms with Crippen LogP contribution in [0.25, 0.3) is 21.9 Å². The van der Waals surface area contributed by atoms with Gasteiger partial charge in [0.25, 0.3) is 5.09 Å². The van der Waals surface area contributed by atoms with Crippen LogP contribution < -0.4 is 14.9 Å². The van der Waals surface area contributed by atoms with E-state index in [1.54, 1.807) is 18.2 Å². The number of hydrogen-bond acceptors (Lipinski definition) is 8. The van der Waals surface area contributed by atoms with E-state index in [4.69, 9.17) is 13.9 Å². The third-order valence-corrected chi connectivity index (χ3v) is 3.69. The predicted molar refractivity (Wildman–Crippen MR) is 91.3 cm³/mol. The summed E-state index contributed by atoms with van der Waals surface area (Å²) in [5.41, 5.74) is 0.132. The van der Waals surface area contributed by atoms with Crippen molar-refractivity contribution in [2.45, 2.75) is 6.42 Å². The van der Waals surface area contributed by atoms with Gasteiger partial charge in [-0.2, -0.15) is 0 Å². The summed E-state index contributed by atoms with van der Waals surface area (Å²) in [4.78, 5) is 26.9. The largest absolute Gasteiger partial charge is 0.507 e. The molecule has 9 nitrogen and oxygen atoms in total. The number of phenolic OH excluding ortho intramolecular Hbond substituents is 1. The highest BCUT2D eigenvalue weighted by atomic mass is 16.9. The fourth-order valence-electron chi connectivity index (χ4n) is 2.51. The first kappa shape index (κ1) is 17.3. The smallest absolute Gasteiger partial charge is 0.294 e. The Kier molecular flexibility index (Phi) is 4.78. The van der Waals surface area contributed by atoms with Crippen LogP contribution in [0.15, 0.2) is 39.5 Å². The Bertz CT molecular complexity index is 1030. The number of aromatic hydroxyl groups is 1. The van der Waals surface area contributed by atoms with E-state index >= 15 is 0 Å². The van der Waals surface area contributed by atoms with Crippen LogP contribution in [-0.4, -0.2) is 30.5 Å². The van der Waals surface area contributed by atoms with Crippen molar-refractivity contribution in [3.8, 4) is 17.2 Å². The van der Waals surface area contributed by atoms with Gasteiger partial charge in [-0.3, -0.25) is 4.79 Å². The molecule has 0 aliphatic rings. The second-order valence-corrected chi connectivity index (χ2v) is 5.37. The molecule has 3 aromatic rings. The van der Waals surface area contributed by atoms with Crippen molar-refractivity contribution in [1.29, 1.82) is 0 Å². The first-order valence-electron chi connectivity index (χ1n) is 7.67. The molecule has 0 radical (unpaired) electrons. The third-order valence-electron chi connectivity index (χ3n) is 3.69. The molecule has 0 atom stereocenters. The van der Waals surface area contributed by atoms with Gasteiger partial charge in [-0.05, 0) is 18.2 Å². The Morgan fingerprint density at radius 3 is 2.69 bits per heavy atom. The van der Waals surface area contributed by atoms with E-state index in [9.17, 15) is 20.0 Å². The van der Waals surface area contributed by atoms with Crippen LogP contribution in [0.1, 0.15) is 6.42 Å². The van der Waals surface area contributed by atoms with Gasteiger partial charge in [-0.1, -0.05) is 0 Å². The average Bonchev–Trinajstić information content (AvgIpc) is 2.60. The number of nitrogens with zero attached hydrogens (tertiary/aromatic N) is 1. The zero-order valence-electron chi connectivity index (χ0n) is 13.8. The summed E-state index contributed by atoms with van der Waals surface area (Å²) in [5.74, 6) is 0.491. The molecule has 26 heavy (non-hydrogen) atoms. The van der Waals surface area contributed by atoms with E-state index in [-0.39, 0.29) is 52.9 Å². The van der Waals surface area contributed by atoms with Crippen LogP contribution in [0.4, 0.5) is 0 Å². The van der Waals surface area contributed by atoms with E-state index in [1.807, 2.05) is 0 Å². The Hall–Kier alpha value is -3.49. The maximum Gasteiger partial charge on any atom is 0.294 e. The van der Waals surface area contributed by atoms with Crippen molar-refractivity contribution in [3.05, 3.63) is 50.7 Å². The third kappa shape index (κ3) is 3.46. The van der Waals surface area contributed by atoms with Gasteiger partial charge in [0.1, 0.15) is 33.8 Å². The van der Waals surface area contributed by atoms with Crippen LogP contribution in [0.2, 0.25) is 0 Å². The lowest BCUT2D eigenvalue weighted by Gasteiger charge is -2.09. The molecule has 1 N–H and O–H groups in total. The monoisotopic (exact) mass is 361 g/mol. The topological polar surface area (TPSA) is 121 Å². The summed E-state index contributed by atoms with van der Waals surface area (Å²) in [6.07, 6.45) is 0.279. The van der Waals surface area contributed by atoms with E-state index < -0.39 is 5.09 Å². The van der Waals surface area contributed by atoms with E-state index in [0.717, 1.165) is 0 Å². The average molecular weight is 361 g/mol. The number of rotatable bonds is 7. The Balaban J connectivity index is 1.91. The van der Waals surface area contributed by atoms with E-state index in [2.05, 4.69) is 4.84 Å². The molecule has 0 bridgehead atoms. The Morgan fingerprint density at radius 1 is 1.15 bits per heavy atom. The van der Waals surface area contributed by atoms with Crippen molar-refractivity contribution in [2.75, 3.05) is 20.3 Å². The first-order valence-corrected chi connectivity index (χ1v) is 7.67. The molecule has 0 aliphatic heterocycles. The van der Waals surface area contributed by atoms with Gasteiger partial charge in [0.15, 0.2) is 0 Å². The molecule has 1 heterocycles. The molecule has 0 unspecified atom stereocenters. The lowest BCUT2D eigenvalue weighted by atomic mass is 10.1. The fraction of sp³-hybridized carbons (Fsp3) is 0.235. The molecule has 0 spiro atoms. The standard InChI is InChI=1S/C17H15NO8/c1-23-10-3-4-14-12(7-10)17(20)16-13(19)8-11(9-15(16)26-14)24-5-2-6-25-18(21)22/h3-4,7-9,19H,2,5-6H2,1H3. The predicted octanol–water partition coefficient (Wildman–Crippen LogP) is 2.64. The molecule has 3 rings (SSSR count). The second kappa shape index (κ2) is 7.18. The lowest BCUT2D eigenvalue weighted by molar-refractivity contribution is -0.757. The van der Waals surface area contributed by atoms with Crippen molar-refractivity contribution >= 4 is 21.9 Å². The number of hydrogen-bond donors (Lipinski definition) is 1. The fourth-order valence-corrected chi connectivity index (χ4v) is 2.51. The molecule has 0 saturated heterocycles. The molecule has 0 amide bonds. The second-order valence-electron chi connectivity index (χ2n) is 5.37.